The molecule has 5 nitrogen and oxygen atoms in total. The normalized spacial score (nSPS) is 16.0. The molecule has 1 aliphatic rings. The van der Waals surface area contributed by atoms with Gasteiger partial charge in [-0.05, 0) is 61.6 Å². The molecule has 2 heterocycles. The van der Waals surface area contributed by atoms with Crippen molar-refractivity contribution in [3.63, 3.8) is 0 Å². The van der Waals surface area contributed by atoms with Gasteiger partial charge in [-0.15, -0.1) is 0 Å². The second-order valence-corrected chi connectivity index (χ2v) is 9.38. The molecule has 1 aliphatic heterocycles. The summed E-state index contributed by atoms with van der Waals surface area (Å²) in [6.07, 6.45) is 1.55. The van der Waals surface area contributed by atoms with Crippen molar-refractivity contribution in [3.8, 4) is 0 Å². The Morgan fingerprint density at radius 1 is 1.26 bits per heavy atom. The fourth-order valence-corrected chi connectivity index (χ4v) is 4.95. The van der Waals surface area contributed by atoms with Crippen LogP contribution in [0.25, 0.3) is 10.9 Å². The lowest BCUT2D eigenvalue weighted by Crippen LogP contribution is -2.43. The first kappa shape index (κ1) is 21.6. The van der Waals surface area contributed by atoms with Gasteiger partial charge in [0.1, 0.15) is 5.82 Å². The SMILES string of the molecule is CC(C)Cn1c(SCC(=O)N2c3ccc(F)cc3CC[C@H]2C)nc2ccccc2c1=O. The molecule has 4 rings (SSSR count). The molecule has 1 amide bonds. The molecule has 3 aromatic rings. The summed E-state index contributed by atoms with van der Waals surface area (Å²) in [5.41, 5.74) is 2.19. The van der Waals surface area contributed by atoms with Gasteiger partial charge < -0.3 is 4.90 Å². The van der Waals surface area contributed by atoms with Crippen LogP contribution in [0.2, 0.25) is 0 Å². The van der Waals surface area contributed by atoms with Gasteiger partial charge in [0.2, 0.25) is 5.91 Å². The molecule has 2 aromatic carbocycles. The molecule has 0 N–H and O–H groups in total. The van der Waals surface area contributed by atoms with Crippen LogP contribution in [0, 0.1) is 11.7 Å². The van der Waals surface area contributed by atoms with Crippen molar-refractivity contribution in [1.29, 1.82) is 0 Å². The molecule has 0 spiro atoms. The summed E-state index contributed by atoms with van der Waals surface area (Å²) in [5.74, 6) is 0.0700. The summed E-state index contributed by atoms with van der Waals surface area (Å²) in [6.45, 7) is 6.65. The number of thioether (sulfide) groups is 1. The van der Waals surface area contributed by atoms with E-state index in [4.69, 9.17) is 0 Å². The van der Waals surface area contributed by atoms with E-state index < -0.39 is 0 Å². The standard InChI is InChI=1S/C24H26FN3O2S/c1-15(2)13-27-23(30)19-6-4-5-7-20(19)26-24(27)31-14-22(29)28-16(3)8-9-17-12-18(25)10-11-21(17)28/h4-7,10-12,15-16H,8-9,13-14H2,1-3H3/t16-/m1/s1. The Hall–Kier alpha value is -2.67. The van der Waals surface area contributed by atoms with Crippen molar-refractivity contribution in [2.45, 2.75) is 51.4 Å². The maximum Gasteiger partial charge on any atom is 0.262 e. The first-order valence-corrected chi connectivity index (χ1v) is 11.6. The number of carbonyl (C=O) groups is 1. The van der Waals surface area contributed by atoms with Crippen molar-refractivity contribution >= 4 is 34.3 Å². The van der Waals surface area contributed by atoms with Crippen molar-refractivity contribution in [2.75, 3.05) is 10.7 Å². The molecule has 31 heavy (non-hydrogen) atoms. The van der Waals surface area contributed by atoms with E-state index in [9.17, 15) is 14.0 Å². The fourth-order valence-electron chi connectivity index (χ4n) is 4.08. The van der Waals surface area contributed by atoms with Crippen molar-refractivity contribution in [2.24, 2.45) is 5.92 Å². The Morgan fingerprint density at radius 3 is 2.81 bits per heavy atom. The molecule has 0 fully saturated rings. The number of benzene rings is 2. The molecule has 0 radical (unpaired) electrons. The zero-order valence-electron chi connectivity index (χ0n) is 18.0. The molecule has 0 saturated carbocycles. The van der Waals surface area contributed by atoms with E-state index in [-0.39, 0.29) is 35.0 Å². The zero-order valence-corrected chi connectivity index (χ0v) is 18.8. The molecule has 0 bridgehead atoms. The summed E-state index contributed by atoms with van der Waals surface area (Å²) < 4.78 is 15.3. The number of amides is 1. The van der Waals surface area contributed by atoms with Crippen molar-refractivity contribution in [3.05, 3.63) is 64.2 Å². The van der Waals surface area contributed by atoms with Crippen molar-refractivity contribution < 1.29 is 9.18 Å². The molecule has 1 aromatic heterocycles. The molecule has 0 aliphatic carbocycles. The van der Waals surface area contributed by atoms with Crippen LogP contribution in [0.1, 0.15) is 32.8 Å². The predicted octanol–water partition coefficient (Wildman–Crippen LogP) is 4.65. The minimum atomic E-state index is -0.284. The highest BCUT2D eigenvalue weighted by Crippen LogP contribution is 2.32. The van der Waals surface area contributed by atoms with E-state index in [1.807, 2.05) is 39.0 Å². The lowest BCUT2D eigenvalue weighted by atomic mass is 9.96. The number of aromatic nitrogens is 2. The molecule has 0 saturated heterocycles. The number of rotatable bonds is 5. The van der Waals surface area contributed by atoms with E-state index in [1.54, 1.807) is 21.6 Å². The fraction of sp³-hybridized carbons (Fsp3) is 0.375. The lowest BCUT2D eigenvalue weighted by molar-refractivity contribution is -0.116. The molecular formula is C24H26FN3O2S. The van der Waals surface area contributed by atoms with Gasteiger partial charge in [-0.25, -0.2) is 9.37 Å². The molecular weight excluding hydrogens is 413 g/mol. The monoisotopic (exact) mass is 439 g/mol. The van der Waals surface area contributed by atoms with Gasteiger partial charge in [0.25, 0.3) is 5.56 Å². The average molecular weight is 440 g/mol. The summed E-state index contributed by atoms with van der Waals surface area (Å²) in [6, 6.07) is 11.9. The predicted molar refractivity (Wildman–Crippen MR) is 123 cm³/mol. The highest BCUT2D eigenvalue weighted by molar-refractivity contribution is 7.99. The minimum absolute atomic E-state index is 0.0356. The Labute approximate surface area is 185 Å². The van der Waals surface area contributed by atoms with E-state index in [0.29, 0.717) is 22.6 Å². The topological polar surface area (TPSA) is 55.2 Å². The largest absolute Gasteiger partial charge is 0.309 e. The number of aryl methyl sites for hydroxylation is 1. The molecule has 7 heteroatoms. The van der Waals surface area contributed by atoms with Crippen LogP contribution in [-0.4, -0.2) is 27.3 Å². The Bertz CT molecular complexity index is 1190. The summed E-state index contributed by atoms with van der Waals surface area (Å²) in [5, 5.41) is 1.13. The smallest absolute Gasteiger partial charge is 0.262 e. The van der Waals surface area contributed by atoms with E-state index in [1.165, 1.54) is 23.9 Å². The van der Waals surface area contributed by atoms with E-state index >= 15 is 0 Å². The Morgan fingerprint density at radius 2 is 2.03 bits per heavy atom. The van der Waals surface area contributed by atoms with Gasteiger partial charge in [-0.2, -0.15) is 0 Å². The second-order valence-electron chi connectivity index (χ2n) is 8.43. The maximum atomic E-state index is 13.7. The molecule has 162 valence electrons. The van der Waals surface area contributed by atoms with Crippen LogP contribution < -0.4 is 10.5 Å². The van der Waals surface area contributed by atoms with Crippen LogP contribution >= 0.6 is 11.8 Å². The quantitative estimate of drug-likeness (QED) is 0.429. The summed E-state index contributed by atoms with van der Waals surface area (Å²) in [4.78, 5) is 32.7. The van der Waals surface area contributed by atoms with Crippen molar-refractivity contribution in [1.82, 2.24) is 9.55 Å². The number of hydrogen-bond acceptors (Lipinski definition) is 4. The number of fused-ring (bicyclic) bond motifs is 2. The van der Waals surface area contributed by atoms with Gasteiger partial charge in [-0.1, -0.05) is 37.7 Å². The number of halogens is 1. The number of anilines is 1. The number of nitrogens with zero attached hydrogens (tertiary/aromatic N) is 3. The number of hydrogen-bond donors (Lipinski definition) is 0. The van der Waals surface area contributed by atoms with Gasteiger partial charge in [-0.3, -0.25) is 14.2 Å². The maximum absolute atomic E-state index is 13.7. The third-order valence-electron chi connectivity index (χ3n) is 5.54. The first-order valence-electron chi connectivity index (χ1n) is 10.6. The average Bonchev–Trinajstić information content (AvgIpc) is 2.74. The molecule has 1 atom stereocenters. The number of para-hydroxylation sites is 1. The first-order chi connectivity index (χ1) is 14.8. The van der Waals surface area contributed by atoms with Crippen LogP contribution in [0.3, 0.4) is 0 Å². The van der Waals surface area contributed by atoms with Gasteiger partial charge in [0.15, 0.2) is 5.16 Å². The van der Waals surface area contributed by atoms with Crippen LogP contribution in [-0.2, 0) is 17.8 Å². The Balaban J connectivity index is 1.63. The zero-order chi connectivity index (χ0) is 22.1. The number of carbonyl (C=O) groups excluding carboxylic acids is 1. The van der Waals surface area contributed by atoms with Crippen LogP contribution in [0.4, 0.5) is 10.1 Å². The van der Waals surface area contributed by atoms with E-state index in [0.717, 1.165) is 24.1 Å². The van der Waals surface area contributed by atoms with Crippen LogP contribution in [0.15, 0.2) is 52.4 Å². The molecule has 0 unspecified atom stereocenters. The highest BCUT2D eigenvalue weighted by atomic mass is 32.2. The second kappa shape index (κ2) is 8.83. The lowest BCUT2D eigenvalue weighted by Gasteiger charge is -2.35. The Kier molecular flexibility index (Phi) is 6.14. The highest BCUT2D eigenvalue weighted by Gasteiger charge is 2.28. The third-order valence-corrected chi connectivity index (χ3v) is 6.50. The van der Waals surface area contributed by atoms with Gasteiger partial charge in [0, 0.05) is 18.3 Å². The van der Waals surface area contributed by atoms with Gasteiger partial charge in [0.05, 0.1) is 16.7 Å². The third kappa shape index (κ3) is 4.37. The van der Waals surface area contributed by atoms with Crippen LogP contribution in [0.5, 0.6) is 0 Å². The van der Waals surface area contributed by atoms with E-state index in [2.05, 4.69) is 4.98 Å². The summed E-state index contributed by atoms with van der Waals surface area (Å²) >= 11 is 1.29. The van der Waals surface area contributed by atoms with Gasteiger partial charge >= 0.3 is 0 Å². The minimum Gasteiger partial charge on any atom is -0.309 e. The summed E-state index contributed by atoms with van der Waals surface area (Å²) in [7, 11) is 0.